The van der Waals surface area contributed by atoms with Crippen LogP contribution in [0.5, 0.6) is 5.75 Å². The van der Waals surface area contributed by atoms with Crippen LogP contribution < -0.4 is 15.8 Å². The van der Waals surface area contributed by atoms with Crippen molar-refractivity contribution in [3.05, 3.63) is 41.8 Å². The van der Waals surface area contributed by atoms with Gasteiger partial charge in [0.05, 0.1) is 18.5 Å². The number of rotatable bonds is 3. The van der Waals surface area contributed by atoms with Crippen LogP contribution in [-0.2, 0) is 0 Å². The lowest BCUT2D eigenvalue weighted by atomic mass is 10.2. The minimum Gasteiger partial charge on any atom is -0.497 e. The van der Waals surface area contributed by atoms with Gasteiger partial charge in [-0.15, -0.1) is 0 Å². The van der Waals surface area contributed by atoms with Crippen molar-refractivity contribution in [1.82, 2.24) is 4.98 Å². The van der Waals surface area contributed by atoms with E-state index in [1.807, 2.05) is 6.92 Å². The van der Waals surface area contributed by atoms with Gasteiger partial charge >= 0.3 is 0 Å². The summed E-state index contributed by atoms with van der Waals surface area (Å²) in [6, 6.07) is 6.20. The third-order valence-electron chi connectivity index (χ3n) is 2.48. The van der Waals surface area contributed by atoms with Crippen molar-refractivity contribution >= 4 is 17.2 Å². The third-order valence-corrected chi connectivity index (χ3v) is 2.48. The number of aryl methyl sites for hydroxylation is 1. The van der Waals surface area contributed by atoms with E-state index in [0.29, 0.717) is 17.3 Å². The molecule has 3 N–H and O–H groups in total. The number of hydrogen-bond donors (Lipinski definition) is 2. The van der Waals surface area contributed by atoms with Gasteiger partial charge in [0.1, 0.15) is 11.6 Å². The first kappa shape index (κ1) is 12.2. The molecule has 2 rings (SSSR count). The smallest absolute Gasteiger partial charge is 0.153 e. The van der Waals surface area contributed by atoms with Crippen molar-refractivity contribution in [2.75, 3.05) is 18.2 Å². The molecule has 0 spiro atoms. The highest BCUT2D eigenvalue weighted by Gasteiger charge is 2.07. The molecule has 0 amide bonds. The Kier molecular flexibility index (Phi) is 3.32. The maximum absolute atomic E-state index is 13.6. The van der Waals surface area contributed by atoms with Crippen LogP contribution in [0.4, 0.5) is 21.6 Å². The van der Waals surface area contributed by atoms with E-state index >= 15 is 0 Å². The molecule has 0 aliphatic rings. The Hall–Kier alpha value is -2.30. The number of nitrogen functional groups attached to an aromatic ring is 1. The largest absolute Gasteiger partial charge is 0.497 e. The molecular weight excluding hydrogens is 233 g/mol. The van der Waals surface area contributed by atoms with Crippen LogP contribution in [0.25, 0.3) is 0 Å². The first-order valence-corrected chi connectivity index (χ1v) is 5.43. The van der Waals surface area contributed by atoms with E-state index in [1.54, 1.807) is 24.4 Å². The zero-order valence-corrected chi connectivity index (χ0v) is 10.2. The van der Waals surface area contributed by atoms with Crippen molar-refractivity contribution < 1.29 is 9.13 Å². The highest BCUT2D eigenvalue weighted by molar-refractivity contribution is 5.69. The van der Waals surface area contributed by atoms with Gasteiger partial charge in [-0.05, 0) is 30.7 Å². The van der Waals surface area contributed by atoms with E-state index in [2.05, 4.69) is 10.3 Å². The number of halogens is 1. The number of ether oxygens (including phenoxy) is 1. The minimum absolute atomic E-state index is 0.275. The number of anilines is 3. The maximum atomic E-state index is 13.6. The van der Waals surface area contributed by atoms with Crippen LogP contribution in [0.15, 0.2) is 30.5 Å². The summed E-state index contributed by atoms with van der Waals surface area (Å²) in [7, 11) is 1.52. The molecule has 2 aromatic rings. The molecule has 1 aromatic carbocycles. The number of pyridine rings is 1. The zero-order chi connectivity index (χ0) is 13.1. The molecule has 94 valence electrons. The Balaban J connectivity index is 2.33. The van der Waals surface area contributed by atoms with Crippen molar-refractivity contribution in [2.45, 2.75) is 6.92 Å². The van der Waals surface area contributed by atoms with E-state index in [0.717, 1.165) is 5.56 Å². The van der Waals surface area contributed by atoms with Crippen molar-refractivity contribution in [3.63, 3.8) is 0 Å². The van der Waals surface area contributed by atoms with Gasteiger partial charge in [-0.1, -0.05) is 0 Å². The molecule has 0 unspecified atom stereocenters. The maximum Gasteiger partial charge on any atom is 0.153 e. The lowest BCUT2D eigenvalue weighted by Crippen LogP contribution is -2.01. The fraction of sp³-hybridized carbons (Fsp3) is 0.154. The van der Waals surface area contributed by atoms with Gasteiger partial charge in [0, 0.05) is 12.3 Å². The van der Waals surface area contributed by atoms with Crippen molar-refractivity contribution in [2.24, 2.45) is 0 Å². The number of nitrogens with one attached hydrogen (secondary N) is 1. The normalized spacial score (nSPS) is 10.2. The summed E-state index contributed by atoms with van der Waals surface area (Å²) in [4.78, 5) is 4.13. The molecule has 0 aliphatic heterocycles. The fourth-order valence-corrected chi connectivity index (χ4v) is 1.55. The minimum atomic E-state index is -0.391. The summed E-state index contributed by atoms with van der Waals surface area (Å²) < 4.78 is 18.7. The lowest BCUT2D eigenvalue weighted by Gasteiger charge is -2.10. The topological polar surface area (TPSA) is 60.2 Å². The van der Waals surface area contributed by atoms with Gasteiger partial charge in [-0.3, -0.25) is 0 Å². The molecule has 5 heteroatoms. The second kappa shape index (κ2) is 4.91. The number of benzene rings is 1. The van der Waals surface area contributed by atoms with Crippen LogP contribution in [0, 0.1) is 12.7 Å². The Morgan fingerprint density at radius 1 is 1.33 bits per heavy atom. The van der Waals surface area contributed by atoms with E-state index in [-0.39, 0.29) is 5.69 Å². The van der Waals surface area contributed by atoms with Crippen LogP contribution >= 0.6 is 0 Å². The summed E-state index contributed by atoms with van der Waals surface area (Å²) in [5.74, 6) is 0.593. The van der Waals surface area contributed by atoms with E-state index in [9.17, 15) is 4.39 Å². The Morgan fingerprint density at radius 3 is 2.78 bits per heavy atom. The van der Waals surface area contributed by atoms with Crippen LogP contribution in [0.1, 0.15) is 5.56 Å². The zero-order valence-electron chi connectivity index (χ0n) is 10.2. The van der Waals surface area contributed by atoms with Crippen molar-refractivity contribution in [1.29, 1.82) is 0 Å². The van der Waals surface area contributed by atoms with E-state index in [1.165, 1.54) is 13.2 Å². The highest BCUT2D eigenvalue weighted by atomic mass is 19.1. The second-order valence-corrected chi connectivity index (χ2v) is 3.92. The highest BCUT2D eigenvalue weighted by Crippen LogP contribution is 2.26. The molecular formula is C13H14FN3O. The van der Waals surface area contributed by atoms with Crippen molar-refractivity contribution in [3.8, 4) is 5.75 Å². The number of aromatic nitrogens is 1. The SMILES string of the molecule is COc1ccc(F)c(Nc2ncc(C)cc2N)c1. The standard InChI is InChI=1S/C13H14FN3O/c1-8-5-11(15)13(16-7-8)17-12-6-9(18-2)3-4-10(12)14/h3-7H,15H2,1-2H3,(H,16,17). The quantitative estimate of drug-likeness (QED) is 0.875. The number of methoxy groups -OCH3 is 1. The number of hydrogen-bond acceptors (Lipinski definition) is 4. The summed E-state index contributed by atoms with van der Waals surface area (Å²) in [5, 5.41) is 2.85. The molecule has 0 aliphatic carbocycles. The molecule has 0 saturated heterocycles. The summed E-state index contributed by atoms with van der Waals surface area (Å²) >= 11 is 0. The van der Waals surface area contributed by atoms with Crippen LogP contribution in [-0.4, -0.2) is 12.1 Å². The first-order chi connectivity index (χ1) is 8.60. The molecule has 0 fully saturated rings. The predicted octanol–water partition coefficient (Wildman–Crippen LogP) is 2.86. The average Bonchev–Trinajstić information content (AvgIpc) is 2.35. The fourth-order valence-electron chi connectivity index (χ4n) is 1.55. The van der Waals surface area contributed by atoms with Crippen LogP contribution in [0.2, 0.25) is 0 Å². The molecule has 0 atom stereocenters. The summed E-state index contributed by atoms with van der Waals surface area (Å²) in [6.45, 7) is 1.89. The number of nitrogens with zero attached hydrogens (tertiary/aromatic N) is 1. The molecule has 0 saturated carbocycles. The Labute approximate surface area is 105 Å². The Bertz CT molecular complexity index is 572. The van der Waals surface area contributed by atoms with Gasteiger partial charge in [0.15, 0.2) is 5.82 Å². The van der Waals surface area contributed by atoms with E-state index < -0.39 is 5.82 Å². The monoisotopic (exact) mass is 247 g/mol. The van der Waals surface area contributed by atoms with Crippen LogP contribution in [0.3, 0.4) is 0 Å². The van der Waals surface area contributed by atoms with E-state index in [4.69, 9.17) is 10.5 Å². The number of nitrogens with two attached hydrogens (primary N) is 1. The average molecular weight is 247 g/mol. The summed E-state index contributed by atoms with van der Waals surface area (Å²) in [6.07, 6.45) is 1.66. The predicted molar refractivity (Wildman–Crippen MR) is 69.6 cm³/mol. The van der Waals surface area contributed by atoms with Gasteiger partial charge in [-0.2, -0.15) is 0 Å². The molecule has 1 aromatic heterocycles. The second-order valence-electron chi connectivity index (χ2n) is 3.92. The van der Waals surface area contributed by atoms with Gasteiger partial charge < -0.3 is 15.8 Å². The Morgan fingerprint density at radius 2 is 2.11 bits per heavy atom. The van der Waals surface area contributed by atoms with Gasteiger partial charge in [0.2, 0.25) is 0 Å². The van der Waals surface area contributed by atoms with Gasteiger partial charge in [0.25, 0.3) is 0 Å². The molecule has 4 nitrogen and oxygen atoms in total. The third kappa shape index (κ3) is 2.51. The molecule has 0 bridgehead atoms. The van der Waals surface area contributed by atoms with Gasteiger partial charge in [-0.25, -0.2) is 9.37 Å². The summed E-state index contributed by atoms with van der Waals surface area (Å²) in [5.41, 5.74) is 7.50. The molecule has 0 radical (unpaired) electrons. The first-order valence-electron chi connectivity index (χ1n) is 5.43. The molecule has 18 heavy (non-hydrogen) atoms. The lowest BCUT2D eigenvalue weighted by molar-refractivity contribution is 0.414. The molecule has 1 heterocycles.